The fourth-order valence-corrected chi connectivity index (χ4v) is 7.39. The Balaban J connectivity index is 1.31. The quantitative estimate of drug-likeness (QED) is 0.387. The van der Waals surface area contributed by atoms with Crippen LogP contribution in [0.15, 0.2) is 78.9 Å². The van der Waals surface area contributed by atoms with Crippen molar-refractivity contribution < 1.29 is 14.4 Å². The largest absolute Gasteiger partial charge is 0.350 e. The molecule has 7 heteroatoms. The summed E-state index contributed by atoms with van der Waals surface area (Å²) in [5.41, 5.74) is 4.03. The van der Waals surface area contributed by atoms with Crippen molar-refractivity contribution in [3.05, 3.63) is 107 Å². The summed E-state index contributed by atoms with van der Waals surface area (Å²) in [6.07, 6.45) is -0.00143. The van der Waals surface area contributed by atoms with E-state index < -0.39 is 21.6 Å². The molecule has 4 aliphatic rings. The predicted octanol–water partition coefficient (Wildman–Crippen LogP) is 4.85. The Morgan fingerprint density at radius 1 is 0.806 bits per heavy atom. The molecule has 0 aromatic heterocycles. The van der Waals surface area contributed by atoms with Crippen LogP contribution < -0.4 is 5.32 Å². The van der Waals surface area contributed by atoms with E-state index in [9.17, 15) is 14.4 Å². The van der Waals surface area contributed by atoms with Crippen molar-refractivity contribution in [1.29, 1.82) is 0 Å². The van der Waals surface area contributed by atoms with Gasteiger partial charge < -0.3 is 5.32 Å². The van der Waals surface area contributed by atoms with Gasteiger partial charge in [0.2, 0.25) is 17.7 Å². The number of hydrogen-bond donors (Lipinski definition) is 1. The summed E-state index contributed by atoms with van der Waals surface area (Å²) < 4.78 is 0. The number of nitrogens with one attached hydrogen (secondary N) is 1. The molecule has 3 aromatic rings. The molecule has 182 valence electrons. The molecule has 1 saturated heterocycles. The van der Waals surface area contributed by atoms with Crippen molar-refractivity contribution in [2.45, 2.75) is 29.1 Å². The van der Waals surface area contributed by atoms with E-state index in [4.69, 9.17) is 23.2 Å². The van der Waals surface area contributed by atoms with Gasteiger partial charge in [0, 0.05) is 13.0 Å². The van der Waals surface area contributed by atoms with Gasteiger partial charge in [-0.3, -0.25) is 19.3 Å². The number of alkyl halides is 2. The molecule has 1 heterocycles. The first kappa shape index (κ1) is 23.3. The number of carbonyl (C=O) groups is 3. The Bertz CT molecular complexity index is 1280. The van der Waals surface area contributed by atoms with Crippen LogP contribution in [0.3, 0.4) is 0 Å². The Hall–Kier alpha value is -3.15. The van der Waals surface area contributed by atoms with Crippen LogP contribution in [0.2, 0.25) is 0 Å². The Morgan fingerprint density at radius 3 is 1.67 bits per heavy atom. The third-order valence-electron chi connectivity index (χ3n) is 7.92. The van der Waals surface area contributed by atoms with Crippen LogP contribution in [0.25, 0.3) is 0 Å². The number of amides is 3. The molecule has 0 saturated carbocycles. The lowest BCUT2D eigenvalue weighted by Crippen LogP contribution is -2.57. The molecule has 5 nitrogen and oxygen atoms in total. The van der Waals surface area contributed by atoms with Gasteiger partial charge in [-0.15, -0.1) is 23.2 Å². The van der Waals surface area contributed by atoms with Gasteiger partial charge in [-0.05, 0) is 34.7 Å². The molecule has 3 atom stereocenters. The van der Waals surface area contributed by atoms with E-state index in [0.717, 1.165) is 27.8 Å². The second kappa shape index (κ2) is 8.19. The van der Waals surface area contributed by atoms with Gasteiger partial charge in [0.05, 0.1) is 17.9 Å². The standard InChI is InChI=1S/C29H24Cl2N2O3/c1-17(18-9-3-2-4-10-18)32-23(34)15-16-33-26(35)24-25(27(33)36)29(31)20-12-6-5-11-19(20)28(24,30)21-13-7-8-14-22(21)29/h2-14,17,24-25H,15-16H2,1H3,(H,32,34)/t17-,24+,25+,28?,29?/m0/s1. The molecule has 0 unspecified atom stereocenters. The second-order valence-electron chi connectivity index (χ2n) is 9.75. The molecule has 3 amide bonds. The topological polar surface area (TPSA) is 66.5 Å². The molecule has 1 N–H and O–H groups in total. The van der Waals surface area contributed by atoms with E-state index in [-0.39, 0.29) is 36.7 Å². The maximum atomic E-state index is 13.8. The van der Waals surface area contributed by atoms with Crippen LogP contribution in [-0.4, -0.2) is 29.2 Å². The smallest absolute Gasteiger partial charge is 0.235 e. The molecule has 7 rings (SSSR count). The lowest BCUT2D eigenvalue weighted by atomic mass is 9.54. The van der Waals surface area contributed by atoms with E-state index in [2.05, 4.69) is 5.32 Å². The summed E-state index contributed by atoms with van der Waals surface area (Å²) in [5, 5.41) is 2.95. The fraction of sp³-hybridized carbons (Fsp3) is 0.276. The molecule has 2 bridgehead atoms. The highest BCUT2D eigenvalue weighted by Crippen LogP contribution is 2.69. The summed E-state index contributed by atoms with van der Waals surface area (Å²) in [7, 11) is 0. The molecule has 0 radical (unpaired) electrons. The molecule has 3 aromatic carbocycles. The maximum Gasteiger partial charge on any atom is 0.235 e. The molecular weight excluding hydrogens is 495 g/mol. The lowest BCUT2D eigenvalue weighted by molar-refractivity contribution is -0.140. The number of nitrogens with zero attached hydrogens (tertiary/aromatic N) is 1. The minimum absolute atomic E-state index is 0.00143. The molecular formula is C29H24Cl2N2O3. The number of halogens is 2. The highest BCUT2D eigenvalue weighted by atomic mass is 35.5. The average Bonchev–Trinajstić information content (AvgIpc) is 3.17. The summed E-state index contributed by atoms with van der Waals surface area (Å²) in [6, 6.07) is 24.5. The van der Waals surface area contributed by atoms with Crippen LogP contribution in [0, 0.1) is 11.8 Å². The summed E-state index contributed by atoms with van der Waals surface area (Å²) in [6.45, 7) is 1.87. The number of rotatable bonds is 5. The lowest BCUT2D eigenvalue weighted by Gasteiger charge is -2.54. The van der Waals surface area contributed by atoms with Gasteiger partial charge in [-0.1, -0.05) is 78.9 Å². The van der Waals surface area contributed by atoms with E-state index in [1.165, 1.54) is 4.90 Å². The third kappa shape index (κ3) is 2.99. The van der Waals surface area contributed by atoms with E-state index >= 15 is 0 Å². The van der Waals surface area contributed by atoms with Crippen LogP contribution in [0.4, 0.5) is 0 Å². The Kier molecular flexibility index (Phi) is 5.29. The minimum Gasteiger partial charge on any atom is -0.350 e. The third-order valence-corrected chi connectivity index (χ3v) is 9.20. The van der Waals surface area contributed by atoms with Crippen LogP contribution in [0.5, 0.6) is 0 Å². The summed E-state index contributed by atoms with van der Waals surface area (Å²) in [5.74, 6) is -2.69. The molecule has 36 heavy (non-hydrogen) atoms. The van der Waals surface area contributed by atoms with Crippen LogP contribution in [-0.2, 0) is 24.1 Å². The SMILES string of the molecule is C[C@H](NC(=O)CCN1C(=O)[C@H]2[C@H](C1=O)C1(Cl)c3ccccc3C2(Cl)c2ccccc21)c1ccccc1. The van der Waals surface area contributed by atoms with Crippen molar-refractivity contribution >= 4 is 40.9 Å². The van der Waals surface area contributed by atoms with E-state index in [1.807, 2.05) is 85.8 Å². The zero-order valence-electron chi connectivity index (χ0n) is 19.6. The van der Waals surface area contributed by atoms with Crippen LogP contribution in [0.1, 0.15) is 47.2 Å². The summed E-state index contributed by atoms with van der Waals surface area (Å²) in [4.78, 5) is 39.1. The van der Waals surface area contributed by atoms with Crippen LogP contribution >= 0.6 is 23.2 Å². The molecule has 1 aliphatic heterocycles. The second-order valence-corrected chi connectivity index (χ2v) is 10.9. The average molecular weight is 519 g/mol. The fourth-order valence-electron chi connectivity index (χ4n) is 6.30. The zero-order chi connectivity index (χ0) is 25.2. The van der Waals surface area contributed by atoms with Gasteiger partial charge in [0.1, 0.15) is 9.75 Å². The van der Waals surface area contributed by atoms with E-state index in [1.54, 1.807) is 0 Å². The number of benzene rings is 3. The maximum absolute atomic E-state index is 13.8. The minimum atomic E-state index is -1.21. The van der Waals surface area contributed by atoms with Gasteiger partial charge in [0.25, 0.3) is 0 Å². The monoisotopic (exact) mass is 518 g/mol. The molecule has 3 aliphatic carbocycles. The van der Waals surface area contributed by atoms with Gasteiger partial charge >= 0.3 is 0 Å². The van der Waals surface area contributed by atoms with E-state index in [0.29, 0.717) is 0 Å². The van der Waals surface area contributed by atoms with Gasteiger partial charge in [-0.2, -0.15) is 0 Å². The number of hydrogen-bond acceptors (Lipinski definition) is 3. The molecule has 0 spiro atoms. The van der Waals surface area contributed by atoms with Crippen molar-refractivity contribution in [3.63, 3.8) is 0 Å². The number of likely N-dealkylation sites (tertiary alicyclic amines) is 1. The van der Waals surface area contributed by atoms with Gasteiger partial charge in [-0.25, -0.2) is 0 Å². The van der Waals surface area contributed by atoms with Gasteiger partial charge in [0.15, 0.2) is 0 Å². The first-order valence-corrected chi connectivity index (χ1v) is 12.8. The Labute approximate surface area is 219 Å². The van der Waals surface area contributed by atoms with Crippen molar-refractivity contribution in [2.75, 3.05) is 6.54 Å². The summed E-state index contributed by atoms with van der Waals surface area (Å²) >= 11 is 14.8. The van der Waals surface area contributed by atoms with Crippen molar-refractivity contribution in [2.24, 2.45) is 11.8 Å². The number of imide groups is 1. The first-order chi connectivity index (χ1) is 17.3. The molecule has 1 fully saturated rings. The van der Waals surface area contributed by atoms with Crippen molar-refractivity contribution in [3.8, 4) is 0 Å². The normalized spacial score (nSPS) is 28.4. The Morgan fingerprint density at radius 2 is 1.22 bits per heavy atom. The highest BCUT2D eigenvalue weighted by Gasteiger charge is 2.72. The first-order valence-electron chi connectivity index (χ1n) is 12.1. The number of carbonyl (C=O) groups excluding carboxylic acids is 3. The predicted molar refractivity (Wildman–Crippen MR) is 137 cm³/mol. The zero-order valence-corrected chi connectivity index (χ0v) is 21.1. The highest BCUT2D eigenvalue weighted by molar-refractivity contribution is 6.36. The van der Waals surface area contributed by atoms with Crippen molar-refractivity contribution in [1.82, 2.24) is 10.2 Å².